The molecule has 0 radical (unpaired) electrons. The van der Waals surface area contributed by atoms with Gasteiger partial charge >= 0.3 is 0 Å². The zero-order valence-electron chi connectivity index (χ0n) is 11.5. The number of rotatable bonds is 7. The van der Waals surface area contributed by atoms with Crippen LogP contribution in [0.4, 0.5) is 0 Å². The fourth-order valence-corrected chi connectivity index (χ4v) is 1.96. The van der Waals surface area contributed by atoms with E-state index in [1.807, 2.05) is 16.8 Å². The van der Waals surface area contributed by atoms with Gasteiger partial charge in [0, 0.05) is 12.4 Å². The molecule has 0 amide bonds. The van der Waals surface area contributed by atoms with Crippen LogP contribution in [0, 0.1) is 0 Å². The molecule has 4 nitrogen and oxygen atoms in total. The van der Waals surface area contributed by atoms with Crippen LogP contribution in [0.2, 0.25) is 0 Å². The molecule has 1 aromatic heterocycles. The van der Waals surface area contributed by atoms with Gasteiger partial charge < -0.3 is 14.0 Å². The molecule has 19 heavy (non-hydrogen) atoms. The molecule has 0 aliphatic heterocycles. The number of methoxy groups -OCH3 is 1. The molecule has 0 bridgehead atoms. The van der Waals surface area contributed by atoms with Crippen molar-refractivity contribution < 1.29 is 9.47 Å². The number of nitrogens with zero attached hydrogens (tertiary/aromatic N) is 2. The summed E-state index contributed by atoms with van der Waals surface area (Å²) in [4.78, 5) is 4.00. The maximum atomic E-state index is 5.76. The fraction of sp³-hybridized carbons (Fsp3) is 0.400. The van der Waals surface area contributed by atoms with E-state index >= 15 is 0 Å². The highest BCUT2D eigenvalue weighted by Gasteiger charge is 2.05. The van der Waals surface area contributed by atoms with Crippen LogP contribution in [0.25, 0.3) is 0 Å². The lowest BCUT2D eigenvalue weighted by atomic mass is 10.1. The largest absolute Gasteiger partial charge is 0.493 e. The first kappa shape index (κ1) is 13.5. The molecule has 4 heteroatoms. The number of aromatic nitrogens is 2. The number of hydrogen-bond donors (Lipinski definition) is 0. The van der Waals surface area contributed by atoms with Crippen LogP contribution >= 0.6 is 0 Å². The Balaban J connectivity index is 1.95. The zero-order chi connectivity index (χ0) is 13.5. The van der Waals surface area contributed by atoms with E-state index < -0.39 is 0 Å². The highest BCUT2D eigenvalue weighted by atomic mass is 16.5. The van der Waals surface area contributed by atoms with Gasteiger partial charge in [0.25, 0.3) is 0 Å². The van der Waals surface area contributed by atoms with Gasteiger partial charge in [-0.3, -0.25) is 0 Å². The highest BCUT2D eigenvalue weighted by molar-refractivity contribution is 5.43. The quantitative estimate of drug-likeness (QED) is 0.768. The average Bonchev–Trinajstić information content (AvgIpc) is 2.93. The monoisotopic (exact) mass is 260 g/mol. The Labute approximate surface area is 114 Å². The van der Waals surface area contributed by atoms with Crippen molar-refractivity contribution in [3.05, 3.63) is 42.5 Å². The summed E-state index contributed by atoms with van der Waals surface area (Å²) in [5.41, 5.74) is 1.28. The summed E-state index contributed by atoms with van der Waals surface area (Å²) in [5.74, 6) is 1.60. The lowest BCUT2D eigenvalue weighted by molar-refractivity contribution is 0.279. The lowest BCUT2D eigenvalue weighted by Crippen LogP contribution is -2.07. The molecule has 0 atom stereocenters. The van der Waals surface area contributed by atoms with Gasteiger partial charge in [0.2, 0.25) is 0 Å². The van der Waals surface area contributed by atoms with E-state index in [2.05, 4.69) is 24.0 Å². The maximum absolute atomic E-state index is 5.76. The third-order valence-electron chi connectivity index (χ3n) is 2.93. The van der Waals surface area contributed by atoms with E-state index in [0.717, 1.165) is 30.9 Å². The Hall–Kier alpha value is -1.97. The molecule has 0 spiro atoms. The minimum Gasteiger partial charge on any atom is -0.493 e. The predicted octanol–water partition coefficient (Wildman–Crippen LogP) is 2.92. The van der Waals surface area contributed by atoms with Gasteiger partial charge in [-0.05, 0) is 24.1 Å². The molecular formula is C15H20N2O2. The zero-order valence-corrected chi connectivity index (χ0v) is 11.5. The Morgan fingerprint density at radius 1 is 1.26 bits per heavy atom. The second-order valence-corrected chi connectivity index (χ2v) is 4.38. The maximum Gasteiger partial charge on any atom is 0.161 e. The van der Waals surface area contributed by atoms with E-state index in [-0.39, 0.29) is 0 Å². The molecule has 0 N–H and O–H groups in total. The fourth-order valence-electron chi connectivity index (χ4n) is 1.96. The standard InChI is InChI=1S/C15H20N2O2/c1-3-4-13-5-6-14(15(11-13)18-2)19-10-9-17-8-7-16-12-17/h5-8,11-12H,3-4,9-10H2,1-2H3. The smallest absolute Gasteiger partial charge is 0.161 e. The van der Waals surface area contributed by atoms with Gasteiger partial charge in [-0.15, -0.1) is 0 Å². The molecule has 102 valence electrons. The van der Waals surface area contributed by atoms with E-state index in [4.69, 9.17) is 9.47 Å². The predicted molar refractivity (Wildman–Crippen MR) is 74.7 cm³/mol. The first-order valence-electron chi connectivity index (χ1n) is 6.59. The minimum absolute atomic E-state index is 0.597. The number of benzene rings is 1. The SMILES string of the molecule is CCCc1ccc(OCCn2ccnc2)c(OC)c1. The van der Waals surface area contributed by atoms with Crippen LogP contribution in [0.3, 0.4) is 0 Å². The minimum atomic E-state index is 0.597. The van der Waals surface area contributed by atoms with Crippen LogP contribution in [-0.2, 0) is 13.0 Å². The molecule has 0 aliphatic rings. The van der Waals surface area contributed by atoms with E-state index in [9.17, 15) is 0 Å². The topological polar surface area (TPSA) is 36.3 Å². The summed E-state index contributed by atoms with van der Waals surface area (Å²) < 4.78 is 13.1. The molecule has 0 saturated heterocycles. The third kappa shape index (κ3) is 3.74. The molecule has 1 heterocycles. The first-order chi connectivity index (χ1) is 9.33. The van der Waals surface area contributed by atoms with Gasteiger partial charge in [0.1, 0.15) is 6.61 Å². The van der Waals surface area contributed by atoms with E-state index in [1.54, 1.807) is 19.6 Å². The second kappa shape index (κ2) is 6.83. The van der Waals surface area contributed by atoms with Crippen LogP contribution < -0.4 is 9.47 Å². The van der Waals surface area contributed by atoms with Crippen molar-refractivity contribution in [2.45, 2.75) is 26.3 Å². The average molecular weight is 260 g/mol. The van der Waals surface area contributed by atoms with E-state index in [0.29, 0.717) is 6.61 Å². The normalized spacial score (nSPS) is 10.4. The molecule has 0 saturated carbocycles. The summed E-state index contributed by atoms with van der Waals surface area (Å²) in [5, 5.41) is 0. The molecule has 2 rings (SSSR count). The summed E-state index contributed by atoms with van der Waals surface area (Å²) >= 11 is 0. The van der Waals surface area contributed by atoms with Gasteiger partial charge in [-0.2, -0.15) is 0 Å². The Kier molecular flexibility index (Phi) is 4.84. The molecule has 1 aromatic carbocycles. The highest BCUT2D eigenvalue weighted by Crippen LogP contribution is 2.28. The van der Waals surface area contributed by atoms with Crippen molar-refractivity contribution in [2.75, 3.05) is 13.7 Å². The summed E-state index contributed by atoms with van der Waals surface area (Å²) in [6, 6.07) is 6.13. The summed E-state index contributed by atoms with van der Waals surface area (Å²) in [7, 11) is 1.67. The lowest BCUT2D eigenvalue weighted by Gasteiger charge is -2.12. The number of aryl methyl sites for hydroxylation is 1. The molecular weight excluding hydrogens is 240 g/mol. The van der Waals surface area contributed by atoms with Crippen molar-refractivity contribution in [1.29, 1.82) is 0 Å². The number of imidazole rings is 1. The first-order valence-corrected chi connectivity index (χ1v) is 6.59. The van der Waals surface area contributed by atoms with Gasteiger partial charge in [0.15, 0.2) is 11.5 Å². The van der Waals surface area contributed by atoms with Crippen LogP contribution in [0.1, 0.15) is 18.9 Å². The Morgan fingerprint density at radius 2 is 2.16 bits per heavy atom. The van der Waals surface area contributed by atoms with Crippen LogP contribution in [-0.4, -0.2) is 23.3 Å². The van der Waals surface area contributed by atoms with Crippen molar-refractivity contribution in [3.8, 4) is 11.5 Å². The third-order valence-corrected chi connectivity index (χ3v) is 2.93. The molecule has 0 unspecified atom stereocenters. The summed E-state index contributed by atoms with van der Waals surface area (Å²) in [6.45, 7) is 3.54. The molecule has 0 aliphatic carbocycles. The van der Waals surface area contributed by atoms with Crippen molar-refractivity contribution >= 4 is 0 Å². The van der Waals surface area contributed by atoms with Gasteiger partial charge in [0.05, 0.1) is 20.0 Å². The van der Waals surface area contributed by atoms with Crippen molar-refractivity contribution in [2.24, 2.45) is 0 Å². The van der Waals surface area contributed by atoms with Crippen molar-refractivity contribution in [1.82, 2.24) is 9.55 Å². The van der Waals surface area contributed by atoms with Gasteiger partial charge in [-0.1, -0.05) is 19.4 Å². The molecule has 2 aromatic rings. The Morgan fingerprint density at radius 3 is 2.84 bits per heavy atom. The number of ether oxygens (including phenoxy) is 2. The second-order valence-electron chi connectivity index (χ2n) is 4.38. The van der Waals surface area contributed by atoms with Crippen LogP contribution in [0.15, 0.2) is 36.9 Å². The Bertz CT molecular complexity index is 495. The molecule has 0 fully saturated rings. The van der Waals surface area contributed by atoms with Crippen molar-refractivity contribution in [3.63, 3.8) is 0 Å². The van der Waals surface area contributed by atoms with Crippen LogP contribution in [0.5, 0.6) is 11.5 Å². The van der Waals surface area contributed by atoms with E-state index in [1.165, 1.54) is 5.56 Å². The van der Waals surface area contributed by atoms with Gasteiger partial charge in [-0.25, -0.2) is 4.98 Å². The summed E-state index contributed by atoms with van der Waals surface area (Å²) in [6.07, 6.45) is 7.66. The number of hydrogen-bond acceptors (Lipinski definition) is 3.